The van der Waals surface area contributed by atoms with E-state index in [-0.39, 0.29) is 16.8 Å². The van der Waals surface area contributed by atoms with Gasteiger partial charge in [0, 0.05) is 6.07 Å². The number of nitro groups is 1. The van der Waals surface area contributed by atoms with Crippen LogP contribution in [0.25, 0.3) is 0 Å². The van der Waals surface area contributed by atoms with Crippen LogP contribution in [0.2, 0.25) is 0 Å². The smallest absolute Gasteiger partial charge is 0.258 e. The Kier molecular flexibility index (Phi) is 5.14. The summed E-state index contributed by atoms with van der Waals surface area (Å²) in [6.45, 7) is 4.00. The zero-order valence-electron chi connectivity index (χ0n) is 8.39. The fourth-order valence-electron chi connectivity index (χ4n) is 0.903. The van der Waals surface area contributed by atoms with Crippen molar-refractivity contribution in [2.75, 3.05) is 0 Å². The predicted molar refractivity (Wildman–Crippen MR) is 53.9 cm³/mol. The molecule has 0 spiro atoms. The zero-order chi connectivity index (χ0) is 11.8. The number of nitriles is 2. The largest absolute Gasteiger partial charge is 0.288 e. The van der Waals surface area contributed by atoms with Gasteiger partial charge in [-0.2, -0.15) is 10.5 Å². The van der Waals surface area contributed by atoms with Crippen LogP contribution in [0.1, 0.15) is 25.0 Å². The van der Waals surface area contributed by atoms with Crippen LogP contribution in [0.15, 0.2) is 18.2 Å². The second kappa shape index (κ2) is 6.11. The second-order valence-electron chi connectivity index (χ2n) is 2.18. The maximum absolute atomic E-state index is 10.4. The monoisotopic (exact) mass is 203 g/mol. The molecule has 0 amide bonds. The normalized spacial score (nSPS) is 7.73. The van der Waals surface area contributed by atoms with Crippen molar-refractivity contribution in [1.29, 1.82) is 10.5 Å². The third kappa shape index (κ3) is 2.78. The van der Waals surface area contributed by atoms with Gasteiger partial charge in [0.25, 0.3) is 5.69 Å². The molecule has 0 fully saturated rings. The number of hydrogen-bond acceptors (Lipinski definition) is 4. The van der Waals surface area contributed by atoms with Gasteiger partial charge in [-0.25, -0.2) is 0 Å². The van der Waals surface area contributed by atoms with Gasteiger partial charge in [0.15, 0.2) is 0 Å². The van der Waals surface area contributed by atoms with Crippen LogP contribution in [-0.4, -0.2) is 4.92 Å². The summed E-state index contributed by atoms with van der Waals surface area (Å²) >= 11 is 0. The first kappa shape index (κ1) is 12.6. The Balaban J connectivity index is 0.000000921. The molecule has 1 aromatic rings. The summed E-state index contributed by atoms with van der Waals surface area (Å²) in [5.74, 6) is 0. The first-order valence-electron chi connectivity index (χ1n) is 4.28. The van der Waals surface area contributed by atoms with E-state index in [1.165, 1.54) is 18.2 Å². The van der Waals surface area contributed by atoms with Crippen molar-refractivity contribution in [3.05, 3.63) is 39.4 Å². The van der Waals surface area contributed by atoms with Gasteiger partial charge in [-0.1, -0.05) is 19.9 Å². The number of nitro benzene ring substituents is 1. The van der Waals surface area contributed by atoms with E-state index in [4.69, 9.17) is 10.5 Å². The van der Waals surface area contributed by atoms with Crippen molar-refractivity contribution in [2.24, 2.45) is 0 Å². The first-order chi connectivity index (χ1) is 7.20. The number of rotatable bonds is 1. The van der Waals surface area contributed by atoms with E-state index in [2.05, 4.69) is 0 Å². The molecule has 0 atom stereocenters. The molecule has 15 heavy (non-hydrogen) atoms. The highest BCUT2D eigenvalue weighted by Gasteiger charge is 2.16. The van der Waals surface area contributed by atoms with Crippen LogP contribution in [0, 0.1) is 32.8 Å². The Labute approximate surface area is 87.3 Å². The average Bonchev–Trinajstić information content (AvgIpc) is 2.30. The minimum absolute atomic E-state index is 0.0247. The molecule has 0 heterocycles. The second-order valence-corrected chi connectivity index (χ2v) is 2.18. The van der Waals surface area contributed by atoms with Crippen molar-refractivity contribution in [3.8, 4) is 12.1 Å². The van der Waals surface area contributed by atoms with E-state index >= 15 is 0 Å². The van der Waals surface area contributed by atoms with Crippen molar-refractivity contribution in [2.45, 2.75) is 13.8 Å². The molecule has 0 aliphatic heterocycles. The van der Waals surface area contributed by atoms with Crippen LogP contribution >= 0.6 is 0 Å². The Morgan fingerprint density at radius 2 is 1.87 bits per heavy atom. The van der Waals surface area contributed by atoms with Crippen LogP contribution in [0.5, 0.6) is 0 Å². The van der Waals surface area contributed by atoms with E-state index in [0.29, 0.717) is 0 Å². The molecule has 5 heteroatoms. The highest BCUT2D eigenvalue weighted by atomic mass is 16.6. The molecular weight excluding hydrogens is 194 g/mol. The van der Waals surface area contributed by atoms with E-state index in [0.717, 1.165) is 0 Å². The predicted octanol–water partition coefficient (Wildman–Crippen LogP) is 2.36. The van der Waals surface area contributed by atoms with Gasteiger partial charge in [0.1, 0.15) is 17.7 Å². The highest BCUT2D eigenvalue weighted by Crippen LogP contribution is 2.20. The summed E-state index contributed by atoms with van der Waals surface area (Å²) < 4.78 is 0. The summed E-state index contributed by atoms with van der Waals surface area (Å²) in [6, 6.07) is 7.28. The molecule has 1 rings (SSSR count). The highest BCUT2D eigenvalue weighted by molar-refractivity contribution is 5.57. The number of hydrogen-bond donors (Lipinski definition) is 0. The molecule has 1 aromatic carbocycles. The maximum Gasteiger partial charge on any atom is 0.288 e. The van der Waals surface area contributed by atoms with E-state index < -0.39 is 4.92 Å². The summed E-state index contributed by atoms with van der Waals surface area (Å²) in [6.07, 6.45) is 0. The quantitative estimate of drug-likeness (QED) is 0.517. The molecule has 0 aliphatic rings. The van der Waals surface area contributed by atoms with Crippen LogP contribution < -0.4 is 0 Å². The van der Waals surface area contributed by atoms with Crippen molar-refractivity contribution in [3.63, 3.8) is 0 Å². The zero-order valence-corrected chi connectivity index (χ0v) is 8.39. The molecule has 5 nitrogen and oxygen atoms in total. The standard InChI is InChI=1S/C8H3N3O2.C2H6/c9-4-6-2-1-3-8(11(12)13)7(6)5-10;1-2/h1-3H;1-2H3. The molecule has 0 unspecified atom stereocenters. The van der Waals surface area contributed by atoms with Gasteiger partial charge in [0.05, 0.1) is 10.5 Å². The Morgan fingerprint density at radius 1 is 1.27 bits per heavy atom. The summed E-state index contributed by atoms with van der Waals surface area (Å²) in [4.78, 5) is 9.71. The molecule has 76 valence electrons. The Hall–Kier alpha value is -2.40. The van der Waals surface area contributed by atoms with Gasteiger partial charge in [-0.3, -0.25) is 10.1 Å². The van der Waals surface area contributed by atoms with Crippen LogP contribution in [0.3, 0.4) is 0 Å². The minimum atomic E-state index is -0.681. The van der Waals surface area contributed by atoms with Crippen molar-refractivity contribution >= 4 is 5.69 Å². The van der Waals surface area contributed by atoms with Gasteiger partial charge in [-0.05, 0) is 6.07 Å². The van der Waals surface area contributed by atoms with Crippen LogP contribution in [-0.2, 0) is 0 Å². The fraction of sp³-hybridized carbons (Fsp3) is 0.200. The third-order valence-electron chi connectivity index (χ3n) is 1.47. The van der Waals surface area contributed by atoms with E-state index in [1.54, 1.807) is 12.1 Å². The lowest BCUT2D eigenvalue weighted by Gasteiger charge is -1.94. The first-order valence-corrected chi connectivity index (χ1v) is 4.28. The van der Waals surface area contributed by atoms with Crippen molar-refractivity contribution in [1.82, 2.24) is 0 Å². The topological polar surface area (TPSA) is 90.7 Å². The average molecular weight is 203 g/mol. The summed E-state index contributed by atoms with van der Waals surface area (Å²) in [5.41, 5.74) is -0.492. The SMILES string of the molecule is CC.N#Cc1cccc([N+](=O)[O-])c1C#N. The van der Waals surface area contributed by atoms with E-state index in [9.17, 15) is 10.1 Å². The van der Waals surface area contributed by atoms with Gasteiger partial charge < -0.3 is 0 Å². The minimum Gasteiger partial charge on any atom is -0.258 e. The van der Waals surface area contributed by atoms with Crippen molar-refractivity contribution < 1.29 is 4.92 Å². The molecule has 0 aromatic heterocycles. The lowest BCUT2D eigenvalue weighted by Crippen LogP contribution is -1.94. The molecule has 0 N–H and O–H groups in total. The number of benzene rings is 1. The van der Waals surface area contributed by atoms with Gasteiger partial charge >= 0.3 is 0 Å². The van der Waals surface area contributed by atoms with Gasteiger partial charge in [0.2, 0.25) is 0 Å². The lowest BCUT2D eigenvalue weighted by molar-refractivity contribution is -0.385. The molecule has 0 aliphatic carbocycles. The van der Waals surface area contributed by atoms with Crippen LogP contribution in [0.4, 0.5) is 5.69 Å². The summed E-state index contributed by atoms with van der Waals surface area (Å²) in [5, 5.41) is 27.5. The number of nitrogens with zero attached hydrogens (tertiary/aromatic N) is 3. The molecule has 0 saturated heterocycles. The maximum atomic E-state index is 10.4. The Bertz CT molecular complexity index is 441. The molecular formula is C10H9N3O2. The molecule has 0 bridgehead atoms. The molecule has 0 saturated carbocycles. The molecule has 0 radical (unpaired) electrons. The lowest BCUT2D eigenvalue weighted by atomic mass is 10.1. The third-order valence-corrected chi connectivity index (χ3v) is 1.47. The summed E-state index contributed by atoms with van der Waals surface area (Å²) in [7, 11) is 0. The fourth-order valence-corrected chi connectivity index (χ4v) is 0.903. The van der Waals surface area contributed by atoms with Gasteiger partial charge in [-0.15, -0.1) is 0 Å². The Morgan fingerprint density at radius 3 is 2.27 bits per heavy atom. The van der Waals surface area contributed by atoms with E-state index in [1.807, 2.05) is 13.8 Å².